The zero-order valence-corrected chi connectivity index (χ0v) is 14.2. The van der Waals surface area contributed by atoms with Crippen LogP contribution in [0, 0.1) is 0 Å². The molecule has 1 amide bonds. The van der Waals surface area contributed by atoms with Crippen LogP contribution in [0.1, 0.15) is 5.76 Å². The van der Waals surface area contributed by atoms with Crippen molar-refractivity contribution in [3.63, 3.8) is 0 Å². The van der Waals surface area contributed by atoms with Crippen molar-refractivity contribution in [3.05, 3.63) is 51.5 Å². The van der Waals surface area contributed by atoms with E-state index in [1.54, 1.807) is 13.1 Å². The molecule has 1 aliphatic rings. The van der Waals surface area contributed by atoms with Crippen LogP contribution in [0.5, 0.6) is 0 Å². The van der Waals surface area contributed by atoms with Crippen LogP contribution in [-0.2, 0) is 4.79 Å². The van der Waals surface area contributed by atoms with Crippen LogP contribution in [0.15, 0.2) is 50.2 Å². The van der Waals surface area contributed by atoms with E-state index < -0.39 is 0 Å². The van der Waals surface area contributed by atoms with E-state index in [0.29, 0.717) is 15.0 Å². The third kappa shape index (κ3) is 2.97. The number of carbonyl (C=O) groups excluding carboxylic acids is 1. The first-order chi connectivity index (χ1) is 10.0. The van der Waals surface area contributed by atoms with E-state index in [1.807, 2.05) is 36.4 Å². The molecule has 1 saturated heterocycles. The summed E-state index contributed by atoms with van der Waals surface area (Å²) in [6.07, 6.45) is 1.73. The zero-order chi connectivity index (χ0) is 15.0. The average Bonchev–Trinajstić information content (AvgIpc) is 3.01. The van der Waals surface area contributed by atoms with Gasteiger partial charge in [0.15, 0.2) is 0 Å². The van der Waals surface area contributed by atoms with Crippen molar-refractivity contribution in [2.24, 2.45) is 0 Å². The second kappa shape index (κ2) is 5.79. The Morgan fingerprint density at radius 3 is 2.81 bits per heavy atom. The van der Waals surface area contributed by atoms with Crippen LogP contribution in [-0.4, -0.2) is 22.2 Å². The molecule has 1 fully saturated rings. The lowest BCUT2D eigenvalue weighted by atomic mass is 10.2. The number of amides is 1. The van der Waals surface area contributed by atoms with Crippen molar-refractivity contribution in [1.82, 2.24) is 4.90 Å². The quantitative estimate of drug-likeness (QED) is 0.566. The first-order valence-corrected chi connectivity index (χ1v) is 8.14. The van der Waals surface area contributed by atoms with Gasteiger partial charge in [-0.3, -0.25) is 9.69 Å². The first kappa shape index (κ1) is 14.6. The molecule has 0 saturated carbocycles. The summed E-state index contributed by atoms with van der Waals surface area (Å²) in [5, 5.41) is 0. The van der Waals surface area contributed by atoms with Gasteiger partial charge in [0.2, 0.25) is 0 Å². The maximum atomic E-state index is 11.9. The molecule has 1 aromatic heterocycles. The third-order valence-electron chi connectivity index (χ3n) is 3.00. The molecule has 0 unspecified atom stereocenters. The van der Waals surface area contributed by atoms with Crippen molar-refractivity contribution in [1.29, 1.82) is 0 Å². The third-order valence-corrected chi connectivity index (χ3v) is 4.97. The predicted molar refractivity (Wildman–Crippen MR) is 92.8 cm³/mol. The number of furan rings is 1. The largest absolute Gasteiger partial charge is 0.457 e. The molecule has 1 aliphatic heterocycles. The average molecular weight is 380 g/mol. The van der Waals surface area contributed by atoms with Crippen LogP contribution in [0.3, 0.4) is 0 Å². The van der Waals surface area contributed by atoms with Gasteiger partial charge >= 0.3 is 0 Å². The molecule has 3 nitrogen and oxygen atoms in total. The number of thioether (sulfide) groups is 1. The van der Waals surface area contributed by atoms with Crippen molar-refractivity contribution in [2.75, 3.05) is 7.05 Å². The molecular formula is C15H10BrNO2S2. The minimum Gasteiger partial charge on any atom is -0.457 e. The number of nitrogens with zero attached hydrogens (tertiary/aromatic N) is 1. The Morgan fingerprint density at radius 2 is 2.14 bits per heavy atom. The van der Waals surface area contributed by atoms with E-state index in [1.165, 1.54) is 16.7 Å². The highest BCUT2D eigenvalue weighted by atomic mass is 79.9. The molecule has 3 rings (SSSR count). The van der Waals surface area contributed by atoms with E-state index in [9.17, 15) is 4.79 Å². The van der Waals surface area contributed by atoms with E-state index in [2.05, 4.69) is 15.9 Å². The van der Waals surface area contributed by atoms with Crippen LogP contribution >= 0.6 is 39.9 Å². The normalized spacial score (nSPS) is 17.0. The summed E-state index contributed by atoms with van der Waals surface area (Å²) in [6, 6.07) is 11.6. The smallest absolute Gasteiger partial charge is 0.266 e. The molecule has 6 heteroatoms. The Kier molecular flexibility index (Phi) is 4.01. The monoisotopic (exact) mass is 379 g/mol. The summed E-state index contributed by atoms with van der Waals surface area (Å²) in [4.78, 5) is 14.0. The molecule has 106 valence electrons. The maximum absolute atomic E-state index is 11.9. The highest BCUT2D eigenvalue weighted by Gasteiger charge is 2.28. The highest BCUT2D eigenvalue weighted by Crippen LogP contribution is 2.32. The van der Waals surface area contributed by atoms with Gasteiger partial charge < -0.3 is 4.42 Å². The molecule has 0 N–H and O–H groups in total. The first-order valence-electron chi connectivity index (χ1n) is 6.12. The molecule has 0 spiro atoms. The molecule has 1 aromatic carbocycles. The minimum atomic E-state index is -0.0922. The molecule has 0 aliphatic carbocycles. The number of thiocarbonyl (C=S) groups is 1. The van der Waals surface area contributed by atoms with Gasteiger partial charge in [0.25, 0.3) is 5.91 Å². The van der Waals surface area contributed by atoms with Gasteiger partial charge in [-0.05, 0) is 24.3 Å². The Morgan fingerprint density at radius 1 is 1.33 bits per heavy atom. The standard InChI is InChI=1S/C15H10BrNO2S2/c1-17-14(18)13(21-15(17)20)8-11-5-6-12(19-11)9-3-2-4-10(16)7-9/h2-8H,1H3/b13-8-. The van der Waals surface area contributed by atoms with Gasteiger partial charge in [-0.15, -0.1) is 0 Å². The molecular weight excluding hydrogens is 370 g/mol. The summed E-state index contributed by atoms with van der Waals surface area (Å²) in [5.41, 5.74) is 0.979. The van der Waals surface area contributed by atoms with E-state index in [-0.39, 0.29) is 5.91 Å². The van der Waals surface area contributed by atoms with Crippen LogP contribution in [0.2, 0.25) is 0 Å². The summed E-state index contributed by atoms with van der Waals surface area (Å²) in [5.74, 6) is 1.30. The molecule has 21 heavy (non-hydrogen) atoms. The fourth-order valence-electron chi connectivity index (χ4n) is 1.90. The Hall–Kier alpha value is -1.37. The fraction of sp³-hybridized carbons (Fsp3) is 0.0667. The second-order valence-corrected chi connectivity index (χ2v) is 7.04. The van der Waals surface area contributed by atoms with Crippen molar-refractivity contribution in [3.8, 4) is 11.3 Å². The zero-order valence-electron chi connectivity index (χ0n) is 11.0. The number of hydrogen-bond acceptors (Lipinski definition) is 4. The van der Waals surface area contributed by atoms with Crippen molar-refractivity contribution < 1.29 is 9.21 Å². The molecule has 0 bridgehead atoms. The molecule has 0 atom stereocenters. The summed E-state index contributed by atoms with van der Waals surface area (Å²) in [6.45, 7) is 0. The van der Waals surface area contributed by atoms with Gasteiger partial charge in [-0.1, -0.05) is 52.0 Å². The Labute approximate surface area is 140 Å². The summed E-state index contributed by atoms with van der Waals surface area (Å²) in [7, 11) is 1.67. The second-order valence-electron chi connectivity index (χ2n) is 4.45. The number of likely N-dealkylation sites (N-methyl/N-ethyl adjacent to an activating group) is 1. The predicted octanol–water partition coefficient (Wildman–Crippen LogP) is 4.54. The Balaban J connectivity index is 1.89. The molecule has 2 aromatic rings. The number of carbonyl (C=O) groups is 1. The van der Waals surface area contributed by atoms with Gasteiger partial charge in [-0.2, -0.15) is 0 Å². The maximum Gasteiger partial charge on any atom is 0.266 e. The van der Waals surface area contributed by atoms with E-state index in [0.717, 1.165) is 15.8 Å². The Bertz CT molecular complexity index is 767. The number of halogens is 1. The minimum absolute atomic E-state index is 0.0922. The van der Waals surface area contributed by atoms with E-state index >= 15 is 0 Å². The van der Waals surface area contributed by atoms with Crippen LogP contribution in [0.4, 0.5) is 0 Å². The van der Waals surface area contributed by atoms with E-state index in [4.69, 9.17) is 16.6 Å². The van der Waals surface area contributed by atoms with Crippen LogP contribution in [0.25, 0.3) is 17.4 Å². The van der Waals surface area contributed by atoms with Gasteiger partial charge in [0.05, 0.1) is 4.91 Å². The molecule has 0 radical (unpaired) electrons. The highest BCUT2D eigenvalue weighted by molar-refractivity contribution is 9.10. The number of hydrogen-bond donors (Lipinski definition) is 0. The summed E-state index contributed by atoms with van der Waals surface area (Å²) < 4.78 is 7.33. The lowest BCUT2D eigenvalue weighted by molar-refractivity contribution is -0.121. The molecule has 2 heterocycles. The summed E-state index contributed by atoms with van der Waals surface area (Å²) >= 11 is 9.82. The van der Waals surface area contributed by atoms with Gasteiger partial charge in [0, 0.05) is 23.2 Å². The lowest BCUT2D eigenvalue weighted by Gasteiger charge is -2.03. The SMILES string of the molecule is CN1C(=O)/C(=C/c2ccc(-c3cccc(Br)c3)o2)SC1=S. The number of rotatable bonds is 2. The fourth-order valence-corrected chi connectivity index (χ4v) is 3.46. The van der Waals surface area contributed by atoms with Gasteiger partial charge in [-0.25, -0.2) is 0 Å². The van der Waals surface area contributed by atoms with Crippen molar-refractivity contribution >= 4 is 56.2 Å². The van der Waals surface area contributed by atoms with Crippen molar-refractivity contribution in [2.45, 2.75) is 0 Å². The van der Waals surface area contributed by atoms with Crippen LogP contribution < -0.4 is 0 Å². The topological polar surface area (TPSA) is 33.5 Å². The number of benzene rings is 1. The lowest BCUT2D eigenvalue weighted by Crippen LogP contribution is -2.22. The van der Waals surface area contributed by atoms with Gasteiger partial charge in [0.1, 0.15) is 15.8 Å².